The number of oxime groups is 1. The molecule has 0 amide bonds. The van der Waals surface area contributed by atoms with Crippen LogP contribution in [0.3, 0.4) is 0 Å². The van der Waals surface area contributed by atoms with Crippen LogP contribution in [-0.4, -0.2) is 32.8 Å². The first-order valence-electron chi connectivity index (χ1n) is 5.66. The molecule has 3 rings (SSSR count). The summed E-state index contributed by atoms with van der Waals surface area (Å²) < 4.78 is 41.3. The van der Waals surface area contributed by atoms with Crippen LogP contribution >= 0.6 is 0 Å². The third kappa shape index (κ3) is 2.56. The SMILES string of the molecule is NC1=NOS(=O)(=O)ON1CCc1ccc2c(c1)OCO2. The van der Waals surface area contributed by atoms with Crippen LogP contribution in [0, 0.1) is 0 Å². The first-order chi connectivity index (χ1) is 9.53. The molecular weight excluding hydrogens is 290 g/mol. The predicted octanol–water partition coefficient (Wildman–Crippen LogP) is -0.304. The minimum absolute atomic E-state index is 0.166. The zero-order chi connectivity index (χ0) is 14.2. The van der Waals surface area contributed by atoms with Gasteiger partial charge in [0.05, 0.1) is 6.54 Å². The zero-order valence-corrected chi connectivity index (χ0v) is 11.0. The van der Waals surface area contributed by atoms with E-state index in [9.17, 15) is 8.42 Å². The lowest BCUT2D eigenvalue weighted by molar-refractivity contribution is -0.0127. The Balaban J connectivity index is 1.67. The van der Waals surface area contributed by atoms with Crippen molar-refractivity contribution in [3.05, 3.63) is 23.8 Å². The molecule has 9 nitrogen and oxygen atoms in total. The van der Waals surface area contributed by atoms with Crippen LogP contribution < -0.4 is 15.2 Å². The maximum absolute atomic E-state index is 11.1. The van der Waals surface area contributed by atoms with Crippen molar-refractivity contribution in [3.63, 3.8) is 0 Å². The highest BCUT2D eigenvalue weighted by atomic mass is 32.3. The molecule has 2 N–H and O–H groups in total. The fourth-order valence-electron chi connectivity index (χ4n) is 1.77. The van der Waals surface area contributed by atoms with Crippen LogP contribution in [0.2, 0.25) is 0 Å². The number of hydroxylamine groups is 2. The van der Waals surface area contributed by atoms with Crippen molar-refractivity contribution in [2.75, 3.05) is 13.3 Å². The van der Waals surface area contributed by atoms with Gasteiger partial charge < -0.3 is 15.2 Å². The molecular formula is C10H11N3O6S. The molecule has 2 aliphatic heterocycles. The number of fused-ring (bicyclic) bond motifs is 1. The van der Waals surface area contributed by atoms with Crippen molar-refractivity contribution in [2.45, 2.75) is 6.42 Å². The summed E-state index contributed by atoms with van der Waals surface area (Å²) in [6.45, 7) is 0.390. The summed E-state index contributed by atoms with van der Waals surface area (Å²) in [6.07, 6.45) is 0.475. The summed E-state index contributed by atoms with van der Waals surface area (Å²) in [5.74, 6) is 1.17. The lowest BCUT2D eigenvalue weighted by Crippen LogP contribution is -2.43. The quantitative estimate of drug-likeness (QED) is 0.809. The van der Waals surface area contributed by atoms with E-state index in [1.165, 1.54) is 0 Å². The minimum Gasteiger partial charge on any atom is -0.454 e. The van der Waals surface area contributed by atoms with Gasteiger partial charge in [-0.1, -0.05) is 6.07 Å². The molecule has 0 aliphatic carbocycles. The Hall–Kier alpha value is -2.20. The average Bonchev–Trinajstić information content (AvgIpc) is 2.87. The first kappa shape index (κ1) is 12.8. The van der Waals surface area contributed by atoms with Gasteiger partial charge in [0.15, 0.2) is 11.5 Å². The molecule has 0 radical (unpaired) electrons. The van der Waals surface area contributed by atoms with E-state index in [4.69, 9.17) is 15.2 Å². The number of ether oxygens (including phenoxy) is 2. The van der Waals surface area contributed by atoms with Gasteiger partial charge in [0.2, 0.25) is 6.79 Å². The molecule has 0 spiro atoms. The van der Waals surface area contributed by atoms with Gasteiger partial charge in [-0.2, -0.15) is 13.5 Å². The van der Waals surface area contributed by atoms with E-state index in [1.54, 1.807) is 6.07 Å². The molecule has 0 atom stereocenters. The van der Waals surface area contributed by atoms with Gasteiger partial charge in [-0.05, 0) is 29.3 Å². The Morgan fingerprint density at radius 3 is 2.95 bits per heavy atom. The number of nitrogens with two attached hydrogens (primary N) is 1. The van der Waals surface area contributed by atoms with Gasteiger partial charge in [0.1, 0.15) is 0 Å². The molecule has 0 saturated carbocycles. The molecule has 2 aliphatic rings. The molecule has 0 saturated heterocycles. The van der Waals surface area contributed by atoms with Gasteiger partial charge in [-0.25, -0.2) is 4.28 Å². The number of rotatable bonds is 3. The van der Waals surface area contributed by atoms with Gasteiger partial charge >= 0.3 is 10.4 Å². The summed E-state index contributed by atoms with van der Waals surface area (Å²) in [7, 11) is -4.17. The third-order valence-electron chi connectivity index (χ3n) is 2.70. The van der Waals surface area contributed by atoms with Crippen LogP contribution in [0.25, 0.3) is 0 Å². The summed E-state index contributed by atoms with van der Waals surface area (Å²) >= 11 is 0. The predicted molar refractivity (Wildman–Crippen MR) is 65.7 cm³/mol. The van der Waals surface area contributed by atoms with Crippen molar-refractivity contribution in [3.8, 4) is 11.5 Å². The van der Waals surface area contributed by atoms with Crippen LogP contribution in [0.15, 0.2) is 23.4 Å². The minimum atomic E-state index is -4.17. The summed E-state index contributed by atoms with van der Waals surface area (Å²) in [6, 6.07) is 5.44. The second kappa shape index (κ2) is 4.72. The van der Waals surface area contributed by atoms with Crippen molar-refractivity contribution in [1.82, 2.24) is 5.06 Å². The van der Waals surface area contributed by atoms with E-state index in [1.807, 2.05) is 12.1 Å². The Bertz CT molecular complexity index is 659. The highest BCUT2D eigenvalue weighted by Gasteiger charge is 2.27. The maximum Gasteiger partial charge on any atom is 0.491 e. The van der Waals surface area contributed by atoms with E-state index >= 15 is 0 Å². The van der Waals surface area contributed by atoms with Crippen molar-refractivity contribution in [1.29, 1.82) is 0 Å². The van der Waals surface area contributed by atoms with E-state index < -0.39 is 10.4 Å². The molecule has 0 unspecified atom stereocenters. The van der Waals surface area contributed by atoms with Gasteiger partial charge in [-0.15, -0.1) is 4.28 Å². The van der Waals surface area contributed by atoms with Gasteiger partial charge in [0, 0.05) is 0 Å². The normalized spacial score (nSPS) is 19.4. The number of hydrogen-bond acceptors (Lipinski definition) is 9. The van der Waals surface area contributed by atoms with E-state index in [2.05, 4.69) is 13.7 Å². The molecule has 10 heteroatoms. The van der Waals surface area contributed by atoms with Crippen molar-refractivity contribution in [2.24, 2.45) is 10.9 Å². The lowest BCUT2D eigenvalue weighted by Gasteiger charge is -2.23. The van der Waals surface area contributed by atoms with Crippen molar-refractivity contribution < 1.29 is 26.5 Å². The number of hydrogen-bond donors (Lipinski definition) is 1. The smallest absolute Gasteiger partial charge is 0.454 e. The third-order valence-corrected chi connectivity index (χ3v) is 3.32. The summed E-state index contributed by atoms with van der Waals surface area (Å²) in [5, 5.41) is 4.14. The lowest BCUT2D eigenvalue weighted by atomic mass is 10.1. The molecule has 20 heavy (non-hydrogen) atoms. The molecule has 2 heterocycles. The highest BCUT2D eigenvalue weighted by molar-refractivity contribution is 7.81. The topological polar surface area (TPSA) is 113 Å². The number of guanidine groups is 1. The molecule has 108 valence electrons. The number of nitrogens with zero attached hydrogens (tertiary/aromatic N) is 2. The van der Waals surface area contributed by atoms with Gasteiger partial charge in [-0.3, -0.25) is 0 Å². The summed E-state index contributed by atoms with van der Waals surface area (Å²) in [5.41, 5.74) is 6.38. The van der Waals surface area contributed by atoms with Crippen LogP contribution in [0.1, 0.15) is 5.56 Å². The molecule has 1 aromatic carbocycles. The van der Waals surface area contributed by atoms with Crippen molar-refractivity contribution >= 4 is 16.4 Å². The van der Waals surface area contributed by atoms with Crippen LogP contribution in [-0.2, 0) is 25.4 Å². The van der Waals surface area contributed by atoms with Gasteiger partial charge in [0.25, 0.3) is 5.96 Å². The standard InChI is InChI=1S/C10H11N3O6S/c11-10-12-18-20(14,15)19-13(10)4-3-7-1-2-8-9(5-7)17-6-16-8/h1-2,5H,3-4,6H2,(H2,11,12). The Labute approximate surface area is 114 Å². The second-order valence-corrected chi connectivity index (χ2v) is 5.16. The van der Waals surface area contributed by atoms with Crippen LogP contribution in [0.4, 0.5) is 0 Å². The highest BCUT2D eigenvalue weighted by Crippen LogP contribution is 2.32. The fraction of sp³-hybridized carbons (Fsp3) is 0.300. The Kier molecular flexibility index (Phi) is 3.03. The molecule has 1 aromatic rings. The van der Waals surface area contributed by atoms with Crippen LogP contribution in [0.5, 0.6) is 11.5 Å². The molecule has 0 fully saturated rings. The zero-order valence-electron chi connectivity index (χ0n) is 10.2. The largest absolute Gasteiger partial charge is 0.491 e. The second-order valence-electron chi connectivity index (χ2n) is 4.05. The summed E-state index contributed by atoms with van der Waals surface area (Å²) in [4.78, 5) is 0. The van der Waals surface area contributed by atoms with E-state index in [0.717, 1.165) is 10.6 Å². The maximum atomic E-state index is 11.1. The van der Waals surface area contributed by atoms with E-state index in [0.29, 0.717) is 17.9 Å². The average molecular weight is 301 g/mol. The Morgan fingerprint density at radius 2 is 2.10 bits per heavy atom. The van der Waals surface area contributed by atoms with E-state index in [-0.39, 0.29) is 19.3 Å². The fourth-order valence-corrected chi connectivity index (χ4v) is 2.34. The monoisotopic (exact) mass is 301 g/mol. The first-order valence-corrected chi connectivity index (χ1v) is 6.99. The molecule has 0 aromatic heterocycles. The molecule has 0 bridgehead atoms. The Morgan fingerprint density at radius 1 is 1.30 bits per heavy atom. The number of benzene rings is 1.